The van der Waals surface area contributed by atoms with Crippen molar-refractivity contribution >= 4 is 21.8 Å². The molecule has 0 unspecified atom stereocenters. The topological polar surface area (TPSA) is 63.7 Å². The highest BCUT2D eigenvalue weighted by atomic mass is 16.5. The molecule has 0 radical (unpaired) electrons. The minimum absolute atomic E-state index is 0.254. The molecule has 2 aromatic carbocycles. The first-order chi connectivity index (χ1) is 11.3. The molecule has 2 N–H and O–H groups in total. The predicted octanol–water partition coefficient (Wildman–Crippen LogP) is 3.46. The summed E-state index contributed by atoms with van der Waals surface area (Å²) in [5.74, 6) is 1.05. The number of aromatic hydroxyl groups is 1. The summed E-state index contributed by atoms with van der Waals surface area (Å²) in [7, 11) is 0. The third-order valence-corrected chi connectivity index (χ3v) is 3.63. The van der Waals surface area contributed by atoms with Crippen LogP contribution >= 0.6 is 0 Å². The number of hydrogen-bond acceptors (Lipinski definition) is 4. The normalized spacial score (nSPS) is 11.3. The lowest BCUT2D eigenvalue weighted by Crippen LogP contribution is -2.10. The molecule has 1 aromatic heterocycles. The molecule has 0 saturated heterocycles. The Morgan fingerprint density at radius 2 is 1.57 bits per heavy atom. The first kappa shape index (κ1) is 15.6. The summed E-state index contributed by atoms with van der Waals surface area (Å²) in [6.45, 7) is 4.91. The molecular formula is C18H21NO4. The van der Waals surface area contributed by atoms with Gasteiger partial charge in [0.2, 0.25) is 0 Å². The van der Waals surface area contributed by atoms with Crippen LogP contribution < -0.4 is 4.74 Å². The zero-order valence-corrected chi connectivity index (χ0v) is 13.2. The van der Waals surface area contributed by atoms with Crippen LogP contribution in [-0.4, -0.2) is 43.1 Å². The van der Waals surface area contributed by atoms with Gasteiger partial charge in [0.1, 0.15) is 18.1 Å². The molecular weight excluding hydrogens is 294 g/mol. The number of phenolic OH excluding ortho intramolecular Hbond substituents is 1. The summed E-state index contributed by atoms with van der Waals surface area (Å²) >= 11 is 0. The minimum atomic E-state index is 0.254. The fraction of sp³-hybridized carbons (Fsp3) is 0.333. The van der Waals surface area contributed by atoms with Gasteiger partial charge >= 0.3 is 0 Å². The van der Waals surface area contributed by atoms with E-state index in [0.717, 1.165) is 27.6 Å². The molecule has 5 nitrogen and oxygen atoms in total. The summed E-state index contributed by atoms with van der Waals surface area (Å²) in [4.78, 5) is 3.30. The largest absolute Gasteiger partial charge is 0.508 e. The summed E-state index contributed by atoms with van der Waals surface area (Å²) in [6, 6.07) is 11.3. The number of hydrogen-bond donors (Lipinski definition) is 2. The van der Waals surface area contributed by atoms with E-state index in [1.165, 1.54) is 0 Å². The molecule has 0 spiro atoms. The van der Waals surface area contributed by atoms with Gasteiger partial charge in [-0.2, -0.15) is 0 Å². The molecule has 3 aromatic rings. The number of nitrogens with one attached hydrogen (secondary N) is 1. The lowest BCUT2D eigenvalue weighted by molar-refractivity contribution is 0.0405. The maximum Gasteiger partial charge on any atom is 0.121 e. The Balaban J connectivity index is 1.61. The fourth-order valence-corrected chi connectivity index (χ4v) is 2.55. The summed E-state index contributed by atoms with van der Waals surface area (Å²) in [5.41, 5.74) is 1.90. The average Bonchev–Trinajstić information content (AvgIpc) is 2.90. The monoisotopic (exact) mass is 315 g/mol. The van der Waals surface area contributed by atoms with E-state index in [9.17, 15) is 5.11 Å². The molecule has 3 rings (SSSR count). The zero-order chi connectivity index (χ0) is 16.1. The highest BCUT2D eigenvalue weighted by molar-refractivity contribution is 6.07. The van der Waals surface area contributed by atoms with Gasteiger partial charge in [-0.3, -0.25) is 0 Å². The van der Waals surface area contributed by atoms with Crippen LogP contribution in [0.1, 0.15) is 6.92 Å². The number of benzene rings is 2. The molecule has 5 heteroatoms. The molecule has 0 aliphatic rings. The van der Waals surface area contributed by atoms with E-state index in [1.807, 2.05) is 31.2 Å². The quantitative estimate of drug-likeness (QED) is 0.625. The van der Waals surface area contributed by atoms with Crippen LogP contribution in [0.2, 0.25) is 0 Å². The maximum absolute atomic E-state index is 9.56. The van der Waals surface area contributed by atoms with Crippen molar-refractivity contribution in [3.05, 3.63) is 36.4 Å². The van der Waals surface area contributed by atoms with Crippen molar-refractivity contribution in [3.8, 4) is 11.5 Å². The van der Waals surface area contributed by atoms with E-state index >= 15 is 0 Å². The van der Waals surface area contributed by atoms with Crippen LogP contribution in [0.25, 0.3) is 21.8 Å². The Labute approximate surface area is 134 Å². The van der Waals surface area contributed by atoms with Crippen molar-refractivity contribution in [2.45, 2.75) is 6.92 Å². The number of ether oxygens (including phenoxy) is 3. The number of phenols is 1. The predicted molar refractivity (Wildman–Crippen MR) is 90.3 cm³/mol. The Bertz CT molecular complexity index is 781. The lowest BCUT2D eigenvalue weighted by Gasteiger charge is -2.07. The summed E-state index contributed by atoms with van der Waals surface area (Å²) in [6.07, 6.45) is 0. The van der Waals surface area contributed by atoms with Crippen LogP contribution in [-0.2, 0) is 9.47 Å². The third-order valence-electron chi connectivity index (χ3n) is 3.63. The Kier molecular flexibility index (Phi) is 5.00. The van der Waals surface area contributed by atoms with E-state index in [1.54, 1.807) is 12.1 Å². The molecule has 122 valence electrons. The molecule has 1 heterocycles. The van der Waals surface area contributed by atoms with Gasteiger partial charge in [0.15, 0.2) is 0 Å². The van der Waals surface area contributed by atoms with Gasteiger partial charge in [-0.1, -0.05) is 0 Å². The van der Waals surface area contributed by atoms with Crippen molar-refractivity contribution in [1.82, 2.24) is 4.98 Å². The zero-order valence-electron chi connectivity index (χ0n) is 13.2. The Hall–Kier alpha value is -2.24. The standard InChI is InChI=1S/C18H21NO4/c1-2-21-7-8-22-9-10-23-14-4-6-16-15-5-3-13(20)11-17(15)19-18(16)12-14/h3-6,11-12,19-20H,2,7-10H2,1H3. The Morgan fingerprint density at radius 1 is 0.870 bits per heavy atom. The van der Waals surface area contributed by atoms with Gasteiger partial charge in [0.05, 0.1) is 30.9 Å². The summed E-state index contributed by atoms with van der Waals surface area (Å²) in [5, 5.41) is 11.8. The lowest BCUT2D eigenvalue weighted by atomic mass is 10.1. The van der Waals surface area contributed by atoms with Crippen molar-refractivity contribution < 1.29 is 19.3 Å². The number of fused-ring (bicyclic) bond motifs is 3. The van der Waals surface area contributed by atoms with Gasteiger partial charge < -0.3 is 24.3 Å². The number of aromatic nitrogens is 1. The molecule has 0 saturated carbocycles. The summed E-state index contributed by atoms with van der Waals surface area (Å²) < 4.78 is 16.3. The fourth-order valence-electron chi connectivity index (χ4n) is 2.55. The minimum Gasteiger partial charge on any atom is -0.508 e. The van der Waals surface area contributed by atoms with Crippen molar-refractivity contribution in [2.75, 3.05) is 33.0 Å². The molecule has 0 fully saturated rings. The van der Waals surface area contributed by atoms with E-state index < -0.39 is 0 Å². The van der Waals surface area contributed by atoms with Gasteiger partial charge in [-0.05, 0) is 31.2 Å². The van der Waals surface area contributed by atoms with Gasteiger partial charge in [0, 0.05) is 29.5 Å². The first-order valence-electron chi connectivity index (χ1n) is 7.80. The molecule has 0 amide bonds. The molecule has 0 aliphatic heterocycles. The van der Waals surface area contributed by atoms with Gasteiger partial charge in [-0.25, -0.2) is 0 Å². The molecule has 0 bridgehead atoms. The maximum atomic E-state index is 9.56. The van der Waals surface area contributed by atoms with Crippen LogP contribution in [0.15, 0.2) is 36.4 Å². The van der Waals surface area contributed by atoms with E-state index in [-0.39, 0.29) is 5.75 Å². The van der Waals surface area contributed by atoms with E-state index in [2.05, 4.69) is 4.98 Å². The number of H-pyrrole nitrogens is 1. The van der Waals surface area contributed by atoms with E-state index in [0.29, 0.717) is 33.0 Å². The van der Waals surface area contributed by atoms with Gasteiger partial charge in [0.25, 0.3) is 0 Å². The van der Waals surface area contributed by atoms with E-state index in [4.69, 9.17) is 14.2 Å². The molecule has 23 heavy (non-hydrogen) atoms. The second-order valence-electron chi connectivity index (χ2n) is 5.22. The number of rotatable bonds is 8. The highest BCUT2D eigenvalue weighted by Crippen LogP contribution is 2.30. The van der Waals surface area contributed by atoms with Crippen molar-refractivity contribution in [2.24, 2.45) is 0 Å². The van der Waals surface area contributed by atoms with Crippen LogP contribution in [0.4, 0.5) is 0 Å². The van der Waals surface area contributed by atoms with Crippen LogP contribution in [0.5, 0.6) is 11.5 Å². The molecule has 0 atom stereocenters. The van der Waals surface area contributed by atoms with Crippen LogP contribution in [0.3, 0.4) is 0 Å². The van der Waals surface area contributed by atoms with Crippen molar-refractivity contribution in [1.29, 1.82) is 0 Å². The first-order valence-corrected chi connectivity index (χ1v) is 7.80. The molecule has 0 aliphatic carbocycles. The smallest absolute Gasteiger partial charge is 0.121 e. The highest BCUT2D eigenvalue weighted by Gasteiger charge is 2.06. The SMILES string of the molecule is CCOCCOCCOc1ccc2c(c1)[nH]c1cc(O)ccc12. The number of aromatic amines is 1. The average molecular weight is 315 g/mol. The second kappa shape index (κ2) is 7.35. The second-order valence-corrected chi connectivity index (χ2v) is 5.22. The van der Waals surface area contributed by atoms with Gasteiger partial charge in [-0.15, -0.1) is 0 Å². The Morgan fingerprint density at radius 3 is 2.39 bits per heavy atom. The van der Waals surface area contributed by atoms with Crippen molar-refractivity contribution in [3.63, 3.8) is 0 Å². The van der Waals surface area contributed by atoms with Crippen LogP contribution in [0, 0.1) is 0 Å². The third kappa shape index (κ3) is 3.75.